The number of carbonyl (C=O) groups is 1. The molecule has 4 rings (SSSR count). The number of fused-ring (bicyclic) bond motifs is 1. The summed E-state index contributed by atoms with van der Waals surface area (Å²) in [5, 5.41) is 2.71. The summed E-state index contributed by atoms with van der Waals surface area (Å²) in [6, 6.07) is 16.2. The average Bonchev–Trinajstić information content (AvgIpc) is 3.28. The molecule has 0 aliphatic carbocycles. The zero-order valence-corrected chi connectivity index (χ0v) is 18.9. The number of rotatable bonds is 9. The molecular weight excluding hydrogens is 438 g/mol. The second-order valence-electron chi connectivity index (χ2n) is 7.63. The van der Waals surface area contributed by atoms with Crippen LogP contribution in [0.1, 0.15) is 5.56 Å². The molecule has 2 aromatic heterocycles. The van der Waals surface area contributed by atoms with Crippen LogP contribution in [0.5, 0.6) is 5.75 Å². The van der Waals surface area contributed by atoms with Gasteiger partial charge in [-0.05, 0) is 17.7 Å². The van der Waals surface area contributed by atoms with Gasteiger partial charge in [0.15, 0.2) is 11.2 Å². The summed E-state index contributed by atoms with van der Waals surface area (Å²) in [5.41, 5.74) is 0.663. The van der Waals surface area contributed by atoms with E-state index in [-0.39, 0.29) is 17.7 Å². The van der Waals surface area contributed by atoms with E-state index in [2.05, 4.69) is 10.3 Å². The van der Waals surface area contributed by atoms with Crippen molar-refractivity contribution in [2.75, 3.05) is 26.1 Å². The van der Waals surface area contributed by atoms with Crippen molar-refractivity contribution in [3.05, 3.63) is 87.3 Å². The van der Waals surface area contributed by atoms with Crippen LogP contribution in [0.2, 0.25) is 0 Å². The number of benzene rings is 2. The topological polar surface area (TPSA) is 109 Å². The van der Waals surface area contributed by atoms with E-state index in [1.54, 1.807) is 35.9 Å². The molecule has 2 heterocycles. The van der Waals surface area contributed by atoms with Gasteiger partial charge in [-0.3, -0.25) is 14.2 Å². The van der Waals surface area contributed by atoms with Crippen LogP contribution in [0.15, 0.2) is 70.5 Å². The van der Waals surface area contributed by atoms with Crippen molar-refractivity contribution in [1.29, 1.82) is 0 Å². The Morgan fingerprint density at radius 3 is 2.56 bits per heavy atom. The van der Waals surface area contributed by atoms with Crippen LogP contribution in [0.25, 0.3) is 11.2 Å². The molecule has 10 heteroatoms. The molecule has 1 amide bonds. The molecule has 0 fully saturated rings. The van der Waals surface area contributed by atoms with Crippen LogP contribution in [-0.2, 0) is 29.2 Å². The molecular formula is C24H25N5O5. The van der Waals surface area contributed by atoms with E-state index in [9.17, 15) is 14.4 Å². The van der Waals surface area contributed by atoms with Gasteiger partial charge in [0.2, 0.25) is 5.91 Å². The number of anilines is 1. The second-order valence-corrected chi connectivity index (χ2v) is 7.63. The van der Waals surface area contributed by atoms with Crippen LogP contribution in [0, 0.1) is 0 Å². The van der Waals surface area contributed by atoms with E-state index in [1.165, 1.54) is 18.0 Å². The highest BCUT2D eigenvalue weighted by molar-refractivity contribution is 5.90. The van der Waals surface area contributed by atoms with E-state index in [1.807, 2.05) is 30.3 Å². The van der Waals surface area contributed by atoms with Crippen molar-refractivity contribution in [2.45, 2.75) is 19.6 Å². The zero-order valence-electron chi connectivity index (χ0n) is 18.9. The minimum absolute atomic E-state index is 0.204. The first-order chi connectivity index (χ1) is 16.5. The lowest BCUT2D eigenvalue weighted by Gasteiger charge is -2.13. The maximum Gasteiger partial charge on any atom is 0.333 e. The summed E-state index contributed by atoms with van der Waals surface area (Å²) in [7, 11) is 3.09. The first-order valence-corrected chi connectivity index (χ1v) is 10.7. The molecule has 176 valence electrons. The van der Waals surface area contributed by atoms with Crippen molar-refractivity contribution in [2.24, 2.45) is 0 Å². The maximum atomic E-state index is 13.4. The number of methoxy groups -OCH3 is 2. The Labute approximate surface area is 195 Å². The molecule has 0 bridgehead atoms. The first-order valence-electron chi connectivity index (χ1n) is 10.7. The van der Waals surface area contributed by atoms with Crippen LogP contribution >= 0.6 is 0 Å². The minimum Gasteiger partial charge on any atom is -0.497 e. The van der Waals surface area contributed by atoms with Gasteiger partial charge in [0.05, 0.1) is 26.6 Å². The minimum atomic E-state index is -0.612. The Kier molecular flexibility index (Phi) is 6.88. The molecule has 0 aliphatic rings. The lowest BCUT2D eigenvalue weighted by atomic mass is 10.2. The molecule has 34 heavy (non-hydrogen) atoms. The number of amides is 1. The molecule has 0 saturated carbocycles. The fourth-order valence-electron chi connectivity index (χ4n) is 3.69. The van der Waals surface area contributed by atoms with E-state index in [0.717, 1.165) is 10.1 Å². The number of hydrogen-bond donors (Lipinski definition) is 1. The fourth-order valence-corrected chi connectivity index (χ4v) is 3.69. The molecule has 0 atom stereocenters. The summed E-state index contributed by atoms with van der Waals surface area (Å²) >= 11 is 0. The largest absolute Gasteiger partial charge is 0.497 e. The molecule has 0 spiro atoms. The van der Waals surface area contributed by atoms with Gasteiger partial charge in [-0.1, -0.05) is 36.4 Å². The Hall–Kier alpha value is -4.18. The van der Waals surface area contributed by atoms with Gasteiger partial charge < -0.3 is 19.4 Å². The Morgan fingerprint density at radius 2 is 1.82 bits per heavy atom. The summed E-state index contributed by atoms with van der Waals surface area (Å²) in [5.74, 6) is 0.0599. The quantitative estimate of drug-likeness (QED) is 0.405. The normalized spacial score (nSPS) is 11.0. The number of nitrogens with one attached hydrogen (secondary N) is 1. The third-order valence-electron chi connectivity index (χ3n) is 5.36. The number of imidazole rings is 1. The van der Waals surface area contributed by atoms with Gasteiger partial charge in [-0.25, -0.2) is 14.3 Å². The number of hydrogen-bond acceptors (Lipinski definition) is 6. The molecule has 0 aliphatic heterocycles. The van der Waals surface area contributed by atoms with Gasteiger partial charge in [0.25, 0.3) is 5.56 Å². The first kappa shape index (κ1) is 23.0. The highest BCUT2D eigenvalue weighted by Gasteiger charge is 2.20. The van der Waals surface area contributed by atoms with Crippen LogP contribution in [0.3, 0.4) is 0 Å². The SMILES string of the molecule is COCCn1cnc2c1c(=O)n(CC(=O)Nc1cccc(OC)c1)c(=O)n2Cc1ccccc1. The van der Waals surface area contributed by atoms with Gasteiger partial charge in [0, 0.05) is 25.4 Å². The lowest BCUT2D eigenvalue weighted by Crippen LogP contribution is -2.43. The van der Waals surface area contributed by atoms with E-state index in [4.69, 9.17) is 9.47 Å². The van der Waals surface area contributed by atoms with Crippen molar-refractivity contribution in [1.82, 2.24) is 18.7 Å². The smallest absolute Gasteiger partial charge is 0.333 e. The van der Waals surface area contributed by atoms with Crippen molar-refractivity contribution >= 4 is 22.8 Å². The lowest BCUT2D eigenvalue weighted by molar-refractivity contribution is -0.116. The molecule has 4 aromatic rings. The molecule has 1 N–H and O–H groups in total. The highest BCUT2D eigenvalue weighted by atomic mass is 16.5. The highest BCUT2D eigenvalue weighted by Crippen LogP contribution is 2.16. The number of carbonyl (C=O) groups excluding carboxylic acids is 1. The Bertz CT molecular complexity index is 1420. The monoisotopic (exact) mass is 463 g/mol. The summed E-state index contributed by atoms with van der Waals surface area (Å²) < 4.78 is 14.3. The van der Waals surface area contributed by atoms with Crippen LogP contribution in [0.4, 0.5) is 5.69 Å². The zero-order chi connectivity index (χ0) is 24.1. The van der Waals surface area contributed by atoms with E-state index < -0.39 is 23.7 Å². The van der Waals surface area contributed by atoms with Crippen LogP contribution < -0.4 is 21.3 Å². The Balaban J connectivity index is 1.76. The van der Waals surface area contributed by atoms with E-state index >= 15 is 0 Å². The predicted molar refractivity (Wildman–Crippen MR) is 127 cm³/mol. The van der Waals surface area contributed by atoms with Gasteiger partial charge >= 0.3 is 5.69 Å². The molecule has 0 unspecified atom stereocenters. The van der Waals surface area contributed by atoms with Crippen molar-refractivity contribution in [3.63, 3.8) is 0 Å². The van der Waals surface area contributed by atoms with E-state index in [0.29, 0.717) is 24.6 Å². The molecule has 0 radical (unpaired) electrons. The average molecular weight is 463 g/mol. The molecule has 0 saturated heterocycles. The maximum absolute atomic E-state index is 13.4. The predicted octanol–water partition coefficient (Wildman–Crippen LogP) is 1.70. The number of ether oxygens (including phenoxy) is 2. The number of nitrogens with zero attached hydrogens (tertiary/aromatic N) is 4. The van der Waals surface area contributed by atoms with Gasteiger partial charge in [0.1, 0.15) is 12.3 Å². The second kappa shape index (κ2) is 10.2. The van der Waals surface area contributed by atoms with Crippen molar-refractivity contribution < 1.29 is 14.3 Å². The Morgan fingerprint density at radius 1 is 1.03 bits per heavy atom. The summed E-state index contributed by atoms with van der Waals surface area (Å²) in [6.07, 6.45) is 1.51. The third-order valence-corrected chi connectivity index (χ3v) is 5.36. The standard InChI is InChI=1S/C24H25N5O5/c1-33-12-11-27-16-25-22-21(27)23(31)29(24(32)28(22)14-17-7-4-3-5-8-17)15-20(30)26-18-9-6-10-19(13-18)34-2/h3-10,13,16H,11-12,14-15H2,1-2H3,(H,26,30). The fraction of sp³-hybridized carbons (Fsp3) is 0.250. The number of aromatic nitrogens is 4. The molecule has 10 nitrogen and oxygen atoms in total. The van der Waals surface area contributed by atoms with Crippen LogP contribution in [-0.4, -0.2) is 45.4 Å². The summed E-state index contributed by atoms with van der Waals surface area (Å²) in [6.45, 7) is 0.491. The molecule has 2 aromatic carbocycles. The van der Waals surface area contributed by atoms with Gasteiger partial charge in [-0.2, -0.15) is 0 Å². The van der Waals surface area contributed by atoms with Crippen molar-refractivity contribution in [3.8, 4) is 5.75 Å². The van der Waals surface area contributed by atoms with Gasteiger partial charge in [-0.15, -0.1) is 0 Å². The third kappa shape index (κ3) is 4.76. The summed E-state index contributed by atoms with van der Waals surface area (Å²) in [4.78, 5) is 43.8.